The maximum atomic E-state index is 12.7. The molecule has 0 saturated carbocycles. The third kappa shape index (κ3) is 2.48. The molecule has 1 unspecified atom stereocenters. The Morgan fingerprint density at radius 1 is 1.25 bits per heavy atom. The van der Waals surface area contributed by atoms with Crippen LogP contribution < -0.4 is 0 Å². The highest BCUT2D eigenvalue weighted by Gasteiger charge is 2.28. The molecule has 4 rings (SSSR count). The number of hydrogen-bond acceptors (Lipinski definition) is 3. The van der Waals surface area contributed by atoms with Crippen molar-refractivity contribution in [3.63, 3.8) is 0 Å². The molecule has 3 heterocycles. The van der Waals surface area contributed by atoms with E-state index in [1.54, 1.807) is 17.1 Å². The van der Waals surface area contributed by atoms with Crippen LogP contribution in [0, 0.1) is 0 Å². The molecule has 2 aromatic heterocycles. The van der Waals surface area contributed by atoms with Crippen LogP contribution in [0.1, 0.15) is 34.9 Å². The summed E-state index contributed by atoms with van der Waals surface area (Å²) >= 11 is 0. The van der Waals surface area contributed by atoms with Gasteiger partial charge in [-0.15, -0.1) is 0 Å². The van der Waals surface area contributed by atoms with Crippen molar-refractivity contribution < 1.29 is 4.79 Å². The second-order valence-electron chi connectivity index (χ2n) is 6.51. The summed E-state index contributed by atoms with van der Waals surface area (Å²) in [6.45, 7) is 1.51. The van der Waals surface area contributed by atoms with Crippen LogP contribution in [0.4, 0.5) is 0 Å². The highest BCUT2D eigenvalue weighted by Crippen LogP contribution is 2.29. The molecule has 1 aliphatic heterocycles. The molecule has 1 aliphatic rings. The average molecular weight is 323 g/mol. The Bertz CT molecular complexity index is 894. The molecular formula is C18H21N5O. The van der Waals surface area contributed by atoms with Crippen LogP contribution in [0.15, 0.2) is 36.7 Å². The lowest BCUT2D eigenvalue weighted by Gasteiger charge is -2.32. The molecule has 0 radical (unpaired) electrons. The quantitative estimate of drug-likeness (QED) is 0.727. The number of rotatable bonds is 2. The zero-order chi connectivity index (χ0) is 16.7. The number of fused-ring (bicyclic) bond motifs is 1. The molecule has 0 N–H and O–H groups in total. The Morgan fingerprint density at radius 2 is 2.08 bits per heavy atom. The van der Waals surface area contributed by atoms with E-state index in [1.807, 2.05) is 30.1 Å². The second-order valence-corrected chi connectivity index (χ2v) is 6.51. The highest BCUT2D eigenvalue weighted by molar-refractivity contribution is 5.93. The first-order chi connectivity index (χ1) is 11.6. The third-order valence-electron chi connectivity index (χ3n) is 4.85. The summed E-state index contributed by atoms with van der Waals surface area (Å²) < 4.78 is 3.83. The molecule has 6 nitrogen and oxygen atoms in total. The van der Waals surface area contributed by atoms with Gasteiger partial charge in [-0.05, 0) is 25.0 Å². The Balaban J connectivity index is 1.60. The van der Waals surface area contributed by atoms with E-state index < -0.39 is 0 Å². The molecule has 124 valence electrons. The van der Waals surface area contributed by atoms with E-state index in [0.717, 1.165) is 36.2 Å². The first kappa shape index (κ1) is 14.9. The number of hydrogen-bond donors (Lipinski definition) is 0. The lowest BCUT2D eigenvalue weighted by atomic mass is 9.96. The monoisotopic (exact) mass is 323 g/mol. The fourth-order valence-corrected chi connectivity index (χ4v) is 3.62. The largest absolute Gasteiger partial charge is 0.338 e. The normalized spacial score (nSPS) is 18.2. The van der Waals surface area contributed by atoms with Crippen molar-refractivity contribution in [2.75, 3.05) is 13.1 Å². The van der Waals surface area contributed by atoms with Gasteiger partial charge in [-0.2, -0.15) is 5.10 Å². The maximum Gasteiger partial charge on any atom is 0.257 e. The second kappa shape index (κ2) is 5.78. The summed E-state index contributed by atoms with van der Waals surface area (Å²) in [6.07, 6.45) is 5.48. The number of amides is 1. The van der Waals surface area contributed by atoms with Crippen molar-refractivity contribution >= 4 is 16.9 Å². The van der Waals surface area contributed by atoms with Crippen LogP contribution in [-0.2, 0) is 14.1 Å². The summed E-state index contributed by atoms with van der Waals surface area (Å²) in [5, 5.41) is 4.11. The number of carbonyl (C=O) groups is 1. The molecule has 1 fully saturated rings. The summed E-state index contributed by atoms with van der Waals surface area (Å²) in [4.78, 5) is 19.4. The number of carbonyl (C=O) groups excluding carboxylic acids is 1. The minimum absolute atomic E-state index is 0.0616. The van der Waals surface area contributed by atoms with E-state index in [9.17, 15) is 4.79 Å². The van der Waals surface area contributed by atoms with E-state index in [2.05, 4.69) is 22.8 Å². The smallest absolute Gasteiger partial charge is 0.257 e. The minimum Gasteiger partial charge on any atom is -0.338 e. The van der Waals surface area contributed by atoms with Crippen LogP contribution in [0.5, 0.6) is 0 Å². The van der Waals surface area contributed by atoms with Gasteiger partial charge in [0.1, 0.15) is 5.82 Å². The number of imidazole rings is 1. The molecule has 6 heteroatoms. The van der Waals surface area contributed by atoms with Gasteiger partial charge in [0.05, 0.1) is 22.8 Å². The molecule has 0 aliphatic carbocycles. The van der Waals surface area contributed by atoms with Gasteiger partial charge < -0.3 is 9.47 Å². The Labute approximate surface area is 140 Å². The lowest BCUT2D eigenvalue weighted by molar-refractivity contribution is 0.0703. The van der Waals surface area contributed by atoms with E-state index >= 15 is 0 Å². The van der Waals surface area contributed by atoms with Gasteiger partial charge in [0.2, 0.25) is 0 Å². The number of benzene rings is 1. The van der Waals surface area contributed by atoms with E-state index in [-0.39, 0.29) is 11.8 Å². The molecule has 1 saturated heterocycles. The molecular weight excluding hydrogens is 302 g/mol. The van der Waals surface area contributed by atoms with Gasteiger partial charge in [-0.25, -0.2) is 4.98 Å². The van der Waals surface area contributed by atoms with Crippen LogP contribution in [0.25, 0.3) is 11.0 Å². The summed E-state index contributed by atoms with van der Waals surface area (Å²) in [5.74, 6) is 1.41. The van der Waals surface area contributed by atoms with Crippen molar-refractivity contribution in [1.29, 1.82) is 0 Å². The zero-order valence-electron chi connectivity index (χ0n) is 14.0. The van der Waals surface area contributed by atoms with Gasteiger partial charge in [0.15, 0.2) is 0 Å². The SMILES string of the molecule is Cn1cc(C(=O)N2CCCC(c3nc4ccccc4n3C)C2)cn1. The molecule has 0 spiro atoms. The topological polar surface area (TPSA) is 56.0 Å². The number of aromatic nitrogens is 4. The predicted molar refractivity (Wildman–Crippen MR) is 91.8 cm³/mol. The number of likely N-dealkylation sites (tertiary alicyclic amines) is 1. The first-order valence-electron chi connectivity index (χ1n) is 8.33. The van der Waals surface area contributed by atoms with E-state index in [4.69, 9.17) is 4.98 Å². The first-order valence-corrected chi connectivity index (χ1v) is 8.33. The number of aryl methyl sites for hydroxylation is 2. The van der Waals surface area contributed by atoms with E-state index in [0.29, 0.717) is 12.1 Å². The van der Waals surface area contributed by atoms with E-state index in [1.165, 1.54) is 0 Å². The van der Waals surface area contributed by atoms with Crippen molar-refractivity contribution in [3.05, 3.63) is 48.0 Å². The molecule has 1 atom stereocenters. The zero-order valence-corrected chi connectivity index (χ0v) is 14.0. The number of nitrogens with zero attached hydrogens (tertiary/aromatic N) is 5. The molecule has 1 aromatic carbocycles. The van der Waals surface area contributed by atoms with Crippen LogP contribution >= 0.6 is 0 Å². The van der Waals surface area contributed by atoms with Crippen molar-refractivity contribution in [2.45, 2.75) is 18.8 Å². The van der Waals surface area contributed by atoms with Crippen molar-refractivity contribution in [2.24, 2.45) is 14.1 Å². The fourth-order valence-electron chi connectivity index (χ4n) is 3.62. The predicted octanol–water partition coefficient (Wildman–Crippen LogP) is 2.33. The summed E-state index contributed by atoms with van der Waals surface area (Å²) in [6, 6.07) is 8.18. The Kier molecular flexibility index (Phi) is 3.59. The molecule has 1 amide bonds. The van der Waals surface area contributed by atoms with Crippen molar-refractivity contribution in [1.82, 2.24) is 24.2 Å². The number of para-hydroxylation sites is 2. The minimum atomic E-state index is 0.0616. The van der Waals surface area contributed by atoms with Gasteiger partial charge in [-0.1, -0.05) is 12.1 Å². The molecule has 0 bridgehead atoms. The molecule has 24 heavy (non-hydrogen) atoms. The van der Waals surface area contributed by atoms with Crippen molar-refractivity contribution in [3.8, 4) is 0 Å². The summed E-state index contributed by atoms with van der Waals surface area (Å²) in [5.41, 5.74) is 2.82. The van der Waals surface area contributed by atoms with Crippen LogP contribution in [0.2, 0.25) is 0 Å². The molecule has 3 aromatic rings. The Morgan fingerprint density at radius 3 is 2.83 bits per heavy atom. The average Bonchev–Trinajstić information content (AvgIpc) is 3.19. The third-order valence-corrected chi connectivity index (χ3v) is 4.85. The van der Waals surface area contributed by atoms with Gasteiger partial charge in [0.25, 0.3) is 5.91 Å². The Hall–Kier alpha value is -2.63. The fraction of sp³-hybridized carbons (Fsp3) is 0.389. The van der Waals surface area contributed by atoms with Gasteiger partial charge in [0, 0.05) is 39.3 Å². The highest BCUT2D eigenvalue weighted by atomic mass is 16.2. The van der Waals surface area contributed by atoms with Crippen LogP contribution in [-0.4, -0.2) is 43.2 Å². The summed E-state index contributed by atoms with van der Waals surface area (Å²) in [7, 11) is 3.89. The standard InChI is InChI=1S/C18H21N5O/c1-21-11-14(10-19-21)18(24)23-9-5-6-13(12-23)17-20-15-7-3-4-8-16(15)22(17)2/h3-4,7-8,10-11,13H,5-6,9,12H2,1-2H3. The lowest BCUT2D eigenvalue weighted by Crippen LogP contribution is -2.39. The number of piperidine rings is 1. The van der Waals surface area contributed by atoms with Gasteiger partial charge >= 0.3 is 0 Å². The van der Waals surface area contributed by atoms with Crippen LogP contribution in [0.3, 0.4) is 0 Å². The maximum absolute atomic E-state index is 12.7. The van der Waals surface area contributed by atoms with Gasteiger partial charge in [-0.3, -0.25) is 9.48 Å².